The Labute approximate surface area is 183 Å². The Morgan fingerprint density at radius 1 is 0.969 bits per heavy atom. The number of phenolic OH excluding ortho intramolecular Hbond substituents is 1. The molecule has 3 N–H and O–H groups in total. The van der Waals surface area contributed by atoms with Crippen LogP contribution in [0.15, 0.2) is 78.4 Å². The number of phenols is 1. The quantitative estimate of drug-likeness (QED) is 0.296. The molecule has 0 fully saturated rings. The fraction of sp³-hybridized carbons (Fsp3) is 0.0417. The summed E-state index contributed by atoms with van der Waals surface area (Å²) >= 11 is 0. The molecule has 0 bridgehead atoms. The van der Waals surface area contributed by atoms with E-state index in [-0.39, 0.29) is 17.9 Å². The Bertz CT molecular complexity index is 1180. The first-order valence-electron chi connectivity index (χ1n) is 9.44. The molecule has 32 heavy (non-hydrogen) atoms. The average molecular weight is 431 g/mol. The molecule has 0 spiro atoms. The van der Waals surface area contributed by atoms with Crippen molar-refractivity contribution in [3.63, 3.8) is 0 Å². The number of para-hydroxylation sites is 1. The van der Waals surface area contributed by atoms with Crippen LogP contribution in [0.5, 0.6) is 11.5 Å². The number of carbonyl (C=O) groups excluding carboxylic acids is 2. The summed E-state index contributed by atoms with van der Waals surface area (Å²) in [5.41, 5.74) is 1.09. The van der Waals surface area contributed by atoms with Crippen LogP contribution in [0.3, 0.4) is 0 Å². The van der Waals surface area contributed by atoms with E-state index < -0.39 is 17.6 Å². The molecule has 0 unspecified atom stereocenters. The van der Waals surface area contributed by atoms with Gasteiger partial charge in [-0.2, -0.15) is 5.26 Å². The lowest BCUT2D eigenvalue weighted by Crippen LogP contribution is -2.20. The number of aromatic hydroxyl groups is 1. The van der Waals surface area contributed by atoms with E-state index in [4.69, 9.17) is 4.74 Å². The van der Waals surface area contributed by atoms with Gasteiger partial charge < -0.3 is 20.5 Å². The number of benzene rings is 3. The van der Waals surface area contributed by atoms with Crippen LogP contribution in [0, 0.1) is 17.1 Å². The topological polar surface area (TPSA) is 111 Å². The molecule has 0 heterocycles. The molecular formula is C24H18FN3O4. The number of nitrogens with zero attached hydrogens (tertiary/aromatic N) is 1. The maximum absolute atomic E-state index is 13.0. The highest BCUT2D eigenvalue weighted by Crippen LogP contribution is 2.22. The van der Waals surface area contributed by atoms with Gasteiger partial charge in [-0.05, 0) is 60.7 Å². The summed E-state index contributed by atoms with van der Waals surface area (Å²) in [6, 6.07) is 19.6. The van der Waals surface area contributed by atoms with Gasteiger partial charge in [0.15, 0.2) is 6.61 Å². The van der Waals surface area contributed by atoms with Crippen LogP contribution in [-0.2, 0) is 9.59 Å². The number of hydrogen-bond acceptors (Lipinski definition) is 5. The molecular weight excluding hydrogens is 413 g/mol. The van der Waals surface area contributed by atoms with Gasteiger partial charge in [0, 0.05) is 16.9 Å². The third kappa shape index (κ3) is 6.18. The number of anilines is 2. The molecule has 3 aromatic rings. The number of carbonyl (C=O) groups is 2. The van der Waals surface area contributed by atoms with Gasteiger partial charge in [-0.15, -0.1) is 0 Å². The van der Waals surface area contributed by atoms with Gasteiger partial charge in [-0.1, -0.05) is 18.2 Å². The van der Waals surface area contributed by atoms with Crippen LogP contribution >= 0.6 is 0 Å². The highest BCUT2D eigenvalue weighted by molar-refractivity contribution is 6.09. The SMILES string of the molecule is N#CC(=Cc1ccccc1OCC(=O)Nc1ccc(F)cc1)C(=O)Nc1ccc(O)cc1. The summed E-state index contributed by atoms with van der Waals surface area (Å²) in [5.74, 6) is -1.16. The molecule has 3 aromatic carbocycles. The normalized spacial score (nSPS) is 10.7. The number of nitriles is 1. The monoisotopic (exact) mass is 431 g/mol. The fourth-order valence-electron chi connectivity index (χ4n) is 2.65. The molecule has 0 aliphatic rings. The first kappa shape index (κ1) is 22.1. The first-order valence-corrected chi connectivity index (χ1v) is 9.44. The van der Waals surface area contributed by atoms with E-state index in [0.29, 0.717) is 22.7 Å². The maximum atomic E-state index is 13.0. The molecule has 0 aliphatic heterocycles. The summed E-state index contributed by atoms with van der Waals surface area (Å²) in [5, 5.41) is 23.9. The van der Waals surface area contributed by atoms with E-state index >= 15 is 0 Å². The number of rotatable bonds is 7. The van der Waals surface area contributed by atoms with Gasteiger partial charge in [0.05, 0.1) is 0 Å². The summed E-state index contributed by atoms with van der Waals surface area (Å²) in [4.78, 5) is 24.6. The van der Waals surface area contributed by atoms with Crippen molar-refractivity contribution in [2.45, 2.75) is 0 Å². The van der Waals surface area contributed by atoms with Crippen LogP contribution < -0.4 is 15.4 Å². The van der Waals surface area contributed by atoms with Crippen LogP contribution in [0.25, 0.3) is 6.08 Å². The van der Waals surface area contributed by atoms with E-state index in [1.807, 2.05) is 6.07 Å². The highest BCUT2D eigenvalue weighted by atomic mass is 19.1. The average Bonchev–Trinajstić information content (AvgIpc) is 2.79. The Balaban J connectivity index is 1.68. The minimum absolute atomic E-state index is 0.0496. The third-order valence-electron chi connectivity index (χ3n) is 4.20. The molecule has 0 saturated carbocycles. The van der Waals surface area contributed by atoms with Crippen LogP contribution in [0.4, 0.5) is 15.8 Å². The lowest BCUT2D eigenvalue weighted by Gasteiger charge is -2.10. The second-order valence-electron chi connectivity index (χ2n) is 6.55. The van der Waals surface area contributed by atoms with Gasteiger partial charge in [0.1, 0.15) is 29.0 Å². The minimum Gasteiger partial charge on any atom is -0.508 e. The summed E-state index contributed by atoms with van der Waals surface area (Å²) in [6.07, 6.45) is 1.35. The van der Waals surface area contributed by atoms with Gasteiger partial charge in [-0.25, -0.2) is 4.39 Å². The van der Waals surface area contributed by atoms with Crippen molar-refractivity contribution in [3.05, 3.63) is 89.8 Å². The molecule has 0 aliphatic carbocycles. The van der Waals surface area contributed by atoms with Crippen LogP contribution in [0.2, 0.25) is 0 Å². The molecule has 7 nitrogen and oxygen atoms in total. The fourth-order valence-corrected chi connectivity index (χ4v) is 2.65. The van der Waals surface area contributed by atoms with Crippen molar-refractivity contribution >= 4 is 29.3 Å². The zero-order valence-corrected chi connectivity index (χ0v) is 16.7. The summed E-state index contributed by atoms with van der Waals surface area (Å²) in [7, 11) is 0. The number of halogens is 1. The molecule has 8 heteroatoms. The Morgan fingerprint density at radius 3 is 2.28 bits per heavy atom. The van der Waals surface area contributed by atoms with Gasteiger partial charge >= 0.3 is 0 Å². The van der Waals surface area contributed by atoms with Crippen molar-refractivity contribution in [3.8, 4) is 17.6 Å². The minimum atomic E-state index is -0.637. The molecule has 0 aromatic heterocycles. The van der Waals surface area contributed by atoms with Gasteiger partial charge in [0.2, 0.25) is 0 Å². The predicted octanol–water partition coefficient (Wildman–Crippen LogP) is 4.09. The molecule has 0 radical (unpaired) electrons. The van der Waals surface area contributed by atoms with E-state index in [2.05, 4.69) is 10.6 Å². The first-order chi connectivity index (χ1) is 15.4. The zero-order chi connectivity index (χ0) is 22.9. The predicted molar refractivity (Wildman–Crippen MR) is 117 cm³/mol. The summed E-state index contributed by atoms with van der Waals surface area (Å²) in [6.45, 7) is -0.330. The number of hydrogen-bond donors (Lipinski definition) is 3. The van der Waals surface area contributed by atoms with E-state index in [0.717, 1.165) is 0 Å². The Hall–Kier alpha value is -4.64. The van der Waals surface area contributed by atoms with E-state index in [1.54, 1.807) is 24.3 Å². The molecule has 0 atom stereocenters. The van der Waals surface area contributed by atoms with E-state index in [9.17, 15) is 24.3 Å². The van der Waals surface area contributed by atoms with Gasteiger partial charge in [0.25, 0.3) is 11.8 Å². The lowest BCUT2D eigenvalue weighted by molar-refractivity contribution is -0.118. The van der Waals surface area contributed by atoms with Gasteiger partial charge in [-0.3, -0.25) is 9.59 Å². The summed E-state index contributed by atoms with van der Waals surface area (Å²) < 4.78 is 18.5. The smallest absolute Gasteiger partial charge is 0.266 e. The van der Waals surface area contributed by atoms with Crippen molar-refractivity contribution < 1.29 is 23.8 Å². The van der Waals surface area contributed by atoms with Crippen LogP contribution in [0.1, 0.15) is 5.56 Å². The van der Waals surface area contributed by atoms with Crippen molar-refractivity contribution in [1.29, 1.82) is 5.26 Å². The second-order valence-corrected chi connectivity index (χ2v) is 6.55. The van der Waals surface area contributed by atoms with Crippen molar-refractivity contribution in [2.75, 3.05) is 17.2 Å². The van der Waals surface area contributed by atoms with Crippen molar-refractivity contribution in [2.24, 2.45) is 0 Å². The standard InChI is InChI=1S/C24H18FN3O4/c25-18-5-7-19(8-6-18)27-23(30)15-32-22-4-2-1-3-16(22)13-17(14-26)24(31)28-20-9-11-21(29)12-10-20/h1-13,29H,15H2,(H,27,30)(H,28,31). The molecule has 2 amide bonds. The van der Waals surface area contributed by atoms with Crippen molar-refractivity contribution in [1.82, 2.24) is 0 Å². The number of amides is 2. The van der Waals surface area contributed by atoms with Crippen LogP contribution in [-0.4, -0.2) is 23.5 Å². The van der Waals surface area contributed by atoms with E-state index in [1.165, 1.54) is 54.6 Å². The third-order valence-corrected chi connectivity index (χ3v) is 4.20. The number of ether oxygens (including phenoxy) is 1. The number of nitrogens with one attached hydrogen (secondary N) is 2. The Kier molecular flexibility index (Phi) is 7.17. The largest absolute Gasteiger partial charge is 0.508 e. The lowest BCUT2D eigenvalue weighted by atomic mass is 10.1. The molecule has 160 valence electrons. The highest BCUT2D eigenvalue weighted by Gasteiger charge is 2.12. The maximum Gasteiger partial charge on any atom is 0.266 e. The molecule has 3 rings (SSSR count). The molecule has 0 saturated heterocycles. The Morgan fingerprint density at radius 2 is 1.59 bits per heavy atom. The second kappa shape index (κ2) is 10.4. The zero-order valence-electron chi connectivity index (χ0n) is 16.7.